The minimum Gasteiger partial charge on any atom is -0.356 e. The molecule has 1 amide bonds. The summed E-state index contributed by atoms with van der Waals surface area (Å²) in [7, 11) is 0. The molecule has 36 heavy (non-hydrogen) atoms. The molecule has 2 atom stereocenters. The van der Waals surface area contributed by atoms with Gasteiger partial charge in [-0.05, 0) is 49.1 Å². The Balaban J connectivity index is 1.13. The summed E-state index contributed by atoms with van der Waals surface area (Å²) in [5, 5.41) is 8.11. The Morgan fingerprint density at radius 1 is 1.14 bits per heavy atom. The highest BCUT2D eigenvalue weighted by Gasteiger charge is 2.27. The first-order chi connectivity index (χ1) is 17.5. The zero-order valence-electron chi connectivity index (χ0n) is 21.8. The number of anilines is 1. The number of carbonyl (C=O) groups is 1. The monoisotopic (exact) mass is 490 g/mol. The van der Waals surface area contributed by atoms with E-state index in [-0.39, 0.29) is 5.91 Å². The predicted molar refractivity (Wildman–Crippen MR) is 141 cm³/mol. The fourth-order valence-corrected chi connectivity index (χ4v) is 5.78. The first-order valence-corrected chi connectivity index (χ1v) is 13.4. The summed E-state index contributed by atoms with van der Waals surface area (Å²) in [6.07, 6.45) is 4.13. The Hall–Kier alpha value is -3.00. The van der Waals surface area contributed by atoms with Crippen LogP contribution in [-0.4, -0.2) is 58.7 Å². The molecule has 5 rings (SSSR count). The van der Waals surface area contributed by atoms with Gasteiger partial charge in [0.05, 0.1) is 5.69 Å². The zero-order chi connectivity index (χ0) is 25.1. The van der Waals surface area contributed by atoms with Gasteiger partial charge in [-0.25, -0.2) is 4.98 Å². The number of nitrogens with one attached hydrogen (secondary N) is 1. The number of carbonyl (C=O) groups excluding carboxylic acids is 1. The van der Waals surface area contributed by atoms with Crippen LogP contribution in [-0.2, 0) is 24.2 Å². The molecule has 1 aromatic carbocycles. The van der Waals surface area contributed by atoms with Gasteiger partial charge in [-0.2, -0.15) is 4.98 Å². The summed E-state index contributed by atoms with van der Waals surface area (Å²) in [5.74, 6) is 2.79. The number of amides is 1. The number of aromatic nitrogens is 3. The van der Waals surface area contributed by atoms with Crippen molar-refractivity contribution in [1.29, 1.82) is 0 Å². The molecule has 2 aromatic heterocycles. The molecule has 8 nitrogen and oxygen atoms in total. The number of piperidine rings is 1. The molecule has 2 aliphatic rings. The summed E-state index contributed by atoms with van der Waals surface area (Å²) in [6.45, 7) is 12.2. The molecular weight excluding hydrogens is 452 g/mol. The molecule has 1 saturated heterocycles. The van der Waals surface area contributed by atoms with Crippen LogP contribution in [0.4, 0.5) is 5.82 Å². The van der Waals surface area contributed by atoms with Crippen LogP contribution in [0.2, 0.25) is 0 Å². The molecule has 0 unspecified atom stereocenters. The summed E-state index contributed by atoms with van der Waals surface area (Å²) >= 11 is 0. The lowest BCUT2D eigenvalue weighted by atomic mass is 9.92. The van der Waals surface area contributed by atoms with E-state index < -0.39 is 0 Å². The standard InChI is InChI=1S/C28H38N6O2/c1-19-15-20(2)17-34(16-19)27-26-21(3)32-36-28(26)31-24(30-27)9-10-25(35)29-12-6-13-33-14-11-22-7-4-5-8-23(22)18-33/h4-5,7-8,19-20H,6,9-18H2,1-3H3,(H,29,35)/t19-,20+. The molecule has 0 spiro atoms. The van der Waals surface area contributed by atoms with Crippen molar-refractivity contribution in [2.24, 2.45) is 11.8 Å². The van der Waals surface area contributed by atoms with Gasteiger partial charge in [0, 0.05) is 52.1 Å². The van der Waals surface area contributed by atoms with Crippen molar-refractivity contribution in [3.8, 4) is 0 Å². The SMILES string of the molecule is Cc1noc2nc(CCC(=O)NCCCN3CCc4ccccc4C3)nc(N3C[C@H](C)C[C@H](C)C3)c12. The van der Waals surface area contributed by atoms with Gasteiger partial charge in [-0.3, -0.25) is 9.69 Å². The maximum Gasteiger partial charge on any atom is 0.263 e. The van der Waals surface area contributed by atoms with Crippen LogP contribution in [0, 0.1) is 18.8 Å². The Bertz CT molecular complexity index is 1200. The van der Waals surface area contributed by atoms with Crippen molar-refractivity contribution in [2.45, 2.75) is 59.4 Å². The maximum atomic E-state index is 12.5. The molecule has 0 bridgehead atoms. The molecule has 8 heteroatoms. The van der Waals surface area contributed by atoms with Crippen molar-refractivity contribution in [3.63, 3.8) is 0 Å². The molecule has 1 N–H and O–H groups in total. The first kappa shape index (κ1) is 24.7. The Labute approximate surface area is 213 Å². The van der Waals surface area contributed by atoms with Gasteiger partial charge in [0.25, 0.3) is 5.71 Å². The van der Waals surface area contributed by atoms with Crippen molar-refractivity contribution >= 4 is 22.8 Å². The molecule has 192 valence electrons. The molecule has 2 aliphatic heterocycles. The van der Waals surface area contributed by atoms with E-state index in [9.17, 15) is 4.79 Å². The highest BCUT2D eigenvalue weighted by molar-refractivity contribution is 5.88. The number of nitrogens with zero attached hydrogens (tertiary/aromatic N) is 5. The number of hydrogen-bond donors (Lipinski definition) is 1. The zero-order valence-corrected chi connectivity index (χ0v) is 21.8. The second kappa shape index (κ2) is 10.9. The molecule has 0 radical (unpaired) electrons. The van der Waals surface area contributed by atoms with Gasteiger partial charge in [-0.15, -0.1) is 0 Å². The lowest BCUT2D eigenvalue weighted by Gasteiger charge is -2.36. The van der Waals surface area contributed by atoms with Crippen LogP contribution < -0.4 is 10.2 Å². The third kappa shape index (κ3) is 5.69. The molecule has 0 aliphatic carbocycles. The average molecular weight is 491 g/mol. The highest BCUT2D eigenvalue weighted by atomic mass is 16.5. The van der Waals surface area contributed by atoms with Crippen LogP contribution in [0.25, 0.3) is 11.1 Å². The summed E-state index contributed by atoms with van der Waals surface area (Å²) in [5.41, 5.74) is 4.23. The Morgan fingerprint density at radius 3 is 2.72 bits per heavy atom. The normalized spacial score (nSPS) is 20.5. The average Bonchev–Trinajstić information content (AvgIpc) is 3.24. The number of benzene rings is 1. The van der Waals surface area contributed by atoms with Crippen molar-refractivity contribution in [2.75, 3.05) is 37.6 Å². The minimum absolute atomic E-state index is 0.0400. The fraction of sp³-hybridized carbons (Fsp3) is 0.571. The van der Waals surface area contributed by atoms with Gasteiger partial charge >= 0.3 is 0 Å². The fourth-order valence-electron chi connectivity index (χ4n) is 5.78. The number of hydrogen-bond acceptors (Lipinski definition) is 7. The van der Waals surface area contributed by atoms with Gasteiger partial charge < -0.3 is 14.7 Å². The van der Waals surface area contributed by atoms with Crippen molar-refractivity contribution < 1.29 is 9.32 Å². The molecule has 1 fully saturated rings. The van der Waals surface area contributed by atoms with Gasteiger partial charge in [-0.1, -0.05) is 43.3 Å². The Morgan fingerprint density at radius 2 is 1.92 bits per heavy atom. The second-order valence-corrected chi connectivity index (χ2v) is 10.8. The topological polar surface area (TPSA) is 87.4 Å². The van der Waals surface area contributed by atoms with Crippen molar-refractivity contribution in [3.05, 3.63) is 46.9 Å². The quantitative estimate of drug-likeness (QED) is 0.479. The maximum absolute atomic E-state index is 12.5. The van der Waals surface area contributed by atoms with E-state index >= 15 is 0 Å². The predicted octanol–water partition coefficient (Wildman–Crippen LogP) is 3.91. The van der Waals surface area contributed by atoms with E-state index in [1.165, 1.54) is 17.5 Å². The lowest BCUT2D eigenvalue weighted by molar-refractivity contribution is -0.121. The van der Waals surface area contributed by atoms with Gasteiger partial charge in [0.1, 0.15) is 17.0 Å². The van der Waals surface area contributed by atoms with Crippen LogP contribution in [0.15, 0.2) is 28.8 Å². The molecule has 4 heterocycles. The van der Waals surface area contributed by atoms with E-state index in [2.05, 4.69) is 63.4 Å². The van der Waals surface area contributed by atoms with Crippen LogP contribution >= 0.6 is 0 Å². The third-order valence-corrected chi connectivity index (χ3v) is 7.46. The summed E-state index contributed by atoms with van der Waals surface area (Å²) in [4.78, 5) is 26.8. The number of aryl methyl sites for hydroxylation is 2. The van der Waals surface area contributed by atoms with Crippen LogP contribution in [0.1, 0.15) is 55.8 Å². The van der Waals surface area contributed by atoms with E-state index in [0.29, 0.717) is 42.8 Å². The Kier molecular flexibility index (Phi) is 7.51. The van der Waals surface area contributed by atoms with Gasteiger partial charge in [0.15, 0.2) is 0 Å². The second-order valence-electron chi connectivity index (χ2n) is 10.8. The van der Waals surface area contributed by atoms with Gasteiger partial charge in [0.2, 0.25) is 5.91 Å². The van der Waals surface area contributed by atoms with E-state index in [1.54, 1.807) is 0 Å². The number of fused-ring (bicyclic) bond motifs is 2. The van der Waals surface area contributed by atoms with Crippen LogP contribution in [0.3, 0.4) is 0 Å². The summed E-state index contributed by atoms with van der Waals surface area (Å²) in [6, 6.07) is 8.69. The summed E-state index contributed by atoms with van der Waals surface area (Å²) < 4.78 is 5.51. The lowest BCUT2D eigenvalue weighted by Crippen LogP contribution is -2.39. The minimum atomic E-state index is 0.0400. The largest absolute Gasteiger partial charge is 0.356 e. The first-order valence-electron chi connectivity index (χ1n) is 13.4. The smallest absolute Gasteiger partial charge is 0.263 e. The highest BCUT2D eigenvalue weighted by Crippen LogP contribution is 2.32. The van der Waals surface area contributed by atoms with E-state index in [0.717, 1.165) is 62.5 Å². The van der Waals surface area contributed by atoms with Crippen LogP contribution in [0.5, 0.6) is 0 Å². The third-order valence-electron chi connectivity index (χ3n) is 7.46. The van der Waals surface area contributed by atoms with E-state index in [1.807, 2.05) is 6.92 Å². The molecular formula is C28H38N6O2. The number of rotatable bonds is 8. The van der Waals surface area contributed by atoms with Crippen molar-refractivity contribution in [1.82, 2.24) is 25.3 Å². The van der Waals surface area contributed by atoms with E-state index in [4.69, 9.17) is 9.51 Å². The molecule has 3 aromatic rings. The molecule has 0 saturated carbocycles.